The number of benzene rings is 2. The smallest absolute Gasteiger partial charge is 0.156 e. The van der Waals surface area contributed by atoms with Crippen molar-refractivity contribution < 1.29 is 8.78 Å². The highest BCUT2D eigenvalue weighted by Crippen LogP contribution is 2.28. The average Bonchev–Trinajstić information content (AvgIpc) is 2.36. The quantitative estimate of drug-likeness (QED) is 0.655. The number of rotatable bonds is 2. The van der Waals surface area contributed by atoms with E-state index in [4.69, 9.17) is 5.73 Å². The SMILES string of the molecule is Nc1c(F)ccc(-c2cccc(CBr)c2)c1F. The van der Waals surface area contributed by atoms with E-state index in [0.29, 0.717) is 16.5 Å². The van der Waals surface area contributed by atoms with Crippen LogP contribution < -0.4 is 5.73 Å². The number of anilines is 1. The Bertz CT molecular complexity index is 555. The Morgan fingerprint density at radius 2 is 1.88 bits per heavy atom. The lowest BCUT2D eigenvalue weighted by molar-refractivity contribution is 0.594. The summed E-state index contributed by atoms with van der Waals surface area (Å²) in [5.74, 6) is -1.44. The third-order valence-corrected chi connectivity index (χ3v) is 3.17. The summed E-state index contributed by atoms with van der Waals surface area (Å²) in [4.78, 5) is 0. The Morgan fingerprint density at radius 3 is 2.59 bits per heavy atom. The summed E-state index contributed by atoms with van der Waals surface area (Å²) >= 11 is 3.33. The molecule has 17 heavy (non-hydrogen) atoms. The summed E-state index contributed by atoms with van der Waals surface area (Å²) in [6.07, 6.45) is 0. The van der Waals surface area contributed by atoms with Crippen LogP contribution in [0.25, 0.3) is 11.1 Å². The standard InChI is InChI=1S/C13H10BrF2N/c14-7-8-2-1-3-9(6-8)10-4-5-11(15)13(17)12(10)16/h1-6H,7,17H2. The van der Waals surface area contributed by atoms with Gasteiger partial charge in [-0.2, -0.15) is 0 Å². The largest absolute Gasteiger partial charge is 0.394 e. The normalized spacial score (nSPS) is 10.5. The van der Waals surface area contributed by atoms with Gasteiger partial charge in [0.2, 0.25) is 0 Å². The van der Waals surface area contributed by atoms with Crippen molar-refractivity contribution in [3.05, 3.63) is 53.6 Å². The first-order valence-corrected chi connectivity index (χ1v) is 6.14. The number of hydrogen-bond acceptors (Lipinski definition) is 1. The number of nitrogen functional groups attached to an aromatic ring is 1. The molecular weight excluding hydrogens is 288 g/mol. The summed E-state index contributed by atoms with van der Waals surface area (Å²) < 4.78 is 26.9. The van der Waals surface area contributed by atoms with E-state index in [0.717, 1.165) is 5.56 Å². The Hall–Kier alpha value is -1.42. The van der Waals surface area contributed by atoms with Gasteiger partial charge in [0.05, 0.1) is 0 Å². The molecule has 4 heteroatoms. The van der Waals surface area contributed by atoms with Gasteiger partial charge in [0.1, 0.15) is 11.5 Å². The van der Waals surface area contributed by atoms with Crippen molar-refractivity contribution in [2.75, 3.05) is 5.73 Å². The van der Waals surface area contributed by atoms with Crippen LogP contribution in [0.2, 0.25) is 0 Å². The van der Waals surface area contributed by atoms with Crippen molar-refractivity contribution in [2.24, 2.45) is 0 Å². The fourth-order valence-corrected chi connectivity index (χ4v) is 1.96. The first-order chi connectivity index (χ1) is 8.13. The molecule has 0 aliphatic heterocycles. The highest BCUT2D eigenvalue weighted by atomic mass is 79.9. The second-order valence-electron chi connectivity index (χ2n) is 3.66. The van der Waals surface area contributed by atoms with E-state index in [1.165, 1.54) is 12.1 Å². The van der Waals surface area contributed by atoms with E-state index in [9.17, 15) is 8.78 Å². The number of halogens is 3. The zero-order chi connectivity index (χ0) is 12.4. The Balaban J connectivity index is 2.56. The van der Waals surface area contributed by atoms with Crippen LogP contribution in [-0.2, 0) is 5.33 Å². The van der Waals surface area contributed by atoms with Gasteiger partial charge < -0.3 is 5.73 Å². The van der Waals surface area contributed by atoms with Gasteiger partial charge in [-0.05, 0) is 23.3 Å². The molecule has 0 unspecified atom stereocenters. The maximum atomic E-state index is 13.8. The van der Waals surface area contributed by atoms with Gasteiger partial charge >= 0.3 is 0 Å². The molecule has 2 N–H and O–H groups in total. The molecule has 0 aliphatic carbocycles. The molecule has 0 spiro atoms. The molecule has 0 atom stereocenters. The fraction of sp³-hybridized carbons (Fsp3) is 0.0769. The fourth-order valence-electron chi connectivity index (χ4n) is 1.61. The lowest BCUT2D eigenvalue weighted by Crippen LogP contribution is -1.97. The van der Waals surface area contributed by atoms with Gasteiger partial charge in [0.15, 0.2) is 5.82 Å². The van der Waals surface area contributed by atoms with Gasteiger partial charge in [-0.1, -0.05) is 40.2 Å². The van der Waals surface area contributed by atoms with E-state index in [1.54, 1.807) is 6.07 Å². The van der Waals surface area contributed by atoms with E-state index >= 15 is 0 Å². The Kier molecular flexibility index (Phi) is 3.43. The highest BCUT2D eigenvalue weighted by Gasteiger charge is 2.12. The number of hydrogen-bond donors (Lipinski definition) is 1. The lowest BCUT2D eigenvalue weighted by atomic mass is 10.0. The molecule has 0 aromatic heterocycles. The zero-order valence-corrected chi connectivity index (χ0v) is 10.5. The molecule has 2 aromatic carbocycles. The van der Waals surface area contributed by atoms with E-state index in [2.05, 4.69) is 15.9 Å². The van der Waals surface area contributed by atoms with Crippen LogP contribution in [0, 0.1) is 11.6 Å². The zero-order valence-electron chi connectivity index (χ0n) is 8.88. The van der Waals surface area contributed by atoms with Gasteiger partial charge in [-0.15, -0.1) is 0 Å². The topological polar surface area (TPSA) is 26.0 Å². The van der Waals surface area contributed by atoms with Crippen LogP contribution in [0.1, 0.15) is 5.56 Å². The predicted octanol–water partition coefficient (Wildman–Crippen LogP) is 4.11. The lowest BCUT2D eigenvalue weighted by Gasteiger charge is -2.07. The van der Waals surface area contributed by atoms with Crippen LogP contribution in [-0.4, -0.2) is 0 Å². The van der Waals surface area contributed by atoms with Crippen molar-refractivity contribution in [1.29, 1.82) is 0 Å². The third-order valence-electron chi connectivity index (χ3n) is 2.52. The van der Waals surface area contributed by atoms with Crippen molar-refractivity contribution in [2.45, 2.75) is 5.33 Å². The van der Waals surface area contributed by atoms with E-state index < -0.39 is 17.3 Å². The van der Waals surface area contributed by atoms with Crippen molar-refractivity contribution >= 4 is 21.6 Å². The molecule has 2 rings (SSSR count). The minimum atomic E-state index is -0.733. The monoisotopic (exact) mass is 297 g/mol. The van der Waals surface area contributed by atoms with E-state index in [-0.39, 0.29) is 0 Å². The van der Waals surface area contributed by atoms with Crippen LogP contribution in [0.15, 0.2) is 36.4 Å². The second-order valence-corrected chi connectivity index (χ2v) is 4.22. The molecule has 0 heterocycles. The number of nitrogens with two attached hydrogens (primary N) is 1. The minimum absolute atomic E-state index is 0.312. The molecule has 0 bridgehead atoms. The molecule has 2 aromatic rings. The van der Waals surface area contributed by atoms with Gasteiger partial charge in [0, 0.05) is 10.9 Å². The maximum absolute atomic E-state index is 13.8. The summed E-state index contributed by atoms with van der Waals surface area (Å²) in [6, 6.07) is 9.92. The third kappa shape index (κ3) is 2.31. The van der Waals surface area contributed by atoms with Gasteiger partial charge in [-0.25, -0.2) is 8.78 Å². The maximum Gasteiger partial charge on any atom is 0.156 e. The molecular formula is C13H10BrF2N. The predicted molar refractivity (Wildman–Crippen MR) is 68.8 cm³/mol. The van der Waals surface area contributed by atoms with Crippen molar-refractivity contribution in [3.8, 4) is 11.1 Å². The first kappa shape index (κ1) is 12.0. The summed E-state index contributed by atoms with van der Waals surface area (Å²) in [5, 5.41) is 0.680. The molecule has 1 nitrogen and oxygen atoms in total. The molecule has 0 saturated heterocycles. The molecule has 88 valence electrons. The van der Waals surface area contributed by atoms with E-state index in [1.807, 2.05) is 18.2 Å². The summed E-state index contributed by atoms with van der Waals surface area (Å²) in [5.41, 5.74) is 6.91. The highest BCUT2D eigenvalue weighted by molar-refractivity contribution is 9.08. The Labute approximate surface area is 106 Å². The number of alkyl halides is 1. The molecule has 0 radical (unpaired) electrons. The van der Waals surface area contributed by atoms with Gasteiger partial charge in [-0.3, -0.25) is 0 Å². The molecule has 0 saturated carbocycles. The molecule has 0 aliphatic rings. The summed E-state index contributed by atoms with van der Waals surface area (Å²) in [7, 11) is 0. The molecule has 0 fully saturated rings. The molecule has 0 amide bonds. The minimum Gasteiger partial charge on any atom is -0.394 e. The van der Waals surface area contributed by atoms with Crippen LogP contribution in [0.3, 0.4) is 0 Å². The summed E-state index contributed by atoms with van der Waals surface area (Å²) in [6.45, 7) is 0. The average molecular weight is 298 g/mol. The van der Waals surface area contributed by atoms with Crippen LogP contribution in [0.5, 0.6) is 0 Å². The van der Waals surface area contributed by atoms with Crippen LogP contribution >= 0.6 is 15.9 Å². The van der Waals surface area contributed by atoms with Crippen molar-refractivity contribution in [1.82, 2.24) is 0 Å². The van der Waals surface area contributed by atoms with Gasteiger partial charge in [0.25, 0.3) is 0 Å². The Morgan fingerprint density at radius 1 is 1.12 bits per heavy atom. The van der Waals surface area contributed by atoms with Crippen molar-refractivity contribution in [3.63, 3.8) is 0 Å². The second kappa shape index (κ2) is 4.84. The first-order valence-electron chi connectivity index (χ1n) is 5.02. The van der Waals surface area contributed by atoms with Crippen LogP contribution in [0.4, 0.5) is 14.5 Å².